The predicted molar refractivity (Wildman–Crippen MR) is 101 cm³/mol. The molecule has 0 radical (unpaired) electrons. The number of aromatic nitrogens is 2. The summed E-state index contributed by atoms with van der Waals surface area (Å²) < 4.78 is 1.61. The Labute approximate surface area is 150 Å². The molecule has 1 N–H and O–H groups in total. The molecule has 2 heterocycles. The van der Waals surface area contributed by atoms with Crippen molar-refractivity contribution in [2.75, 3.05) is 18.0 Å². The van der Waals surface area contributed by atoms with Gasteiger partial charge >= 0.3 is 0 Å². The van der Waals surface area contributed by atoms with E-state index in [4.69, 9.17) is 0 Å². The maximum absolute atomic E-state index is 12.3. The van der Waals surface area contributed by atoms with Crippen LogP contribution in [0.15, 0.2) is 36.5 Å². The van der Waals surface area contributed by atoms with Gasteiger partial charge in [-0.1, -0.05) is 32.9 Å². The van der Waals surface area contributed by atoms with E-state index in [-0.39, 0.29) is 17.4 Å². The van der Waals surface area contributed by atoms with E-state index in [9.17, 15) is 4.79 Å². The summed E-state index contributed by atoms with van der Waals surface area (Å²) >= 11 is 0. The predicted octanol–water partition coefficient (Wildman–Crippen LogP) is 3.12. The lowest BCUT2D eigenvalue weighted by Gasteiger charge is -2.34. The van der Waals surface area contributed by atoms with Crippen molar-refractivity contribution in [2.24, 2.45) is 7.05 Å². The van der Waals surface area contributed by atoms with Gasteiger partial charge in [-0.2, -0.15) is 5.10 Å². The van der Waals surface area contributed by atoms with Crippen molar-refractivity contribution >= 4 is 11.6 Å². The van der Waals surface area contributed by atoms with Gasteiger partial charge in [-0.15, -0.1) is 0 Å². The average Bonchev–Trinajstić information content (AvgIpc) is 3.01. The Kier molecular flexibility index (Phi) is 4.84. The highest BCUT2D eigenvalue weighted by Gasteiger charge is 2.22. The van der Waals surface area contributed by atoms with Crippen LogP contribution in [-0.2, 0) is 12.5 Å². The Morgan fingerprint density at radius 3 is 2.28 bits per heavy atom. The van der Waals surface area contributed by atoms with Gasteiger partial charge in [0.2, 0.25) is 0 Å². The molecule has 1 aromatic heterocycles. The SMILES string of the molecule is Cn1nccc1C(=O)NC1CCN(c2ccc(C(C)(C)C)cc2)CC1. The van der Waals surface area contributed by atoms with Crippen LogP contribution < -0.4 is 10.2 Å². The molecule has 1 saturated heterocycles. The second-order valence-corrected chi connectivity index (χ2v) is 7.87. The first-order valence-corrected chi connectivity index (χ1v) is 8.99. The summed E-state index contributed by atoms with van der Waals surface area (Å²) in [5.41, 5.74) is 3.42. The van der Waals surface area contributed by atoms with Crippen LogP contribution in [0.5, 0.6) is 0 Å². The summed E-state index contributed by atoms with van der Waals surface area (Å²) in [6.07, 6.45) is 3.58. The van der Waals surface area contributed by atoms with Crippen molar-refractivity contribution < 1.29 is 4.79 Å². The topological polar surface area (TPSA) is 50.2 Å². The smallest absolute Gasteiger partial charge is 0.269 e. The second kappa shape index (κ2) is 6.90. The number of piperidine rings is 1. The number of nitrogens with one attached hydrogen (secondary N) is 1. The summed E-state index contributed by atoms with van der Waals surface area (Å²) in [7, 11) is 1.79. The Hall–Kier alpha value is -2.30. The highest BCUT2D eigenvalue weighted by atomic mass is 16.2. The number of hydrogen-bond acceptors (Lipinski definition) is 3. The van der Waals surface area contributed by atoms with Gasteiger partial charge in [-0.05, 0) is 42.0 Å². The van der Waals surface area contributed by atoms with E-state index in [0.29, 0.717) is 5.69 Å². The molecule has 0 atom stereocenters. The van der Waals surface area contributed by atoms with Crippen LogP contribution in [0.25, 0.3) is 0 Å². The lowest BCUT2D eigenvalue weighted by Crippen LogP contribution is -2.45. The van der Waals surface area contributed by atoms with Gasteiger partial charge < -0.3 is 10.2 Å². The molecule has 1 amide bonds. The summed E-state index contributed by atoms with van der Waals surface area (Å²) in [5, 5.41) is 7.19. The zero-order valence-electron chi connectivity index (χ0n) is 15.6. The summed E-state index contributed by atoms with van der Waals surface area (Å²) in [6, 6.07) is 10.9. The fourth-order valence-corrected chi connectivity index (χ4v) is 3.31. The third-order valence-electron chi connectivity index (χ3n) is 4.98. The highest BCUT2D eigenvalue weighted by Crippen LogP contribution is 2.26. The fraction of sp³-hybridized carbons (Fsp3) is 0.500. The number of rotatable bonds is 3. The largest absolute Gasteiger partial charge is 0.371 e. The van der Waals surface area contributed by atoms with Gasteiger partial charge in [-0.3, -0.25) is 9.48 Å². The van der Waals surface area contributed by atoms with Crippen LogP contribution in [0.3, 0.4) is 0 Å². The molecule has 5 nitrogen and oxygen atoms in total. The van der Waals surface area contributed by atoms with E-state index < -0.39 is 0 Å². The zero-order valence-corrected chi connectivity index (χ0v) is 15.6. The first-order chi connectivity index (χ1) is 11.8. The van der Waals surface area contributed by atoms with E-state index in [1.165, 1.54) is 11.3 Å². The quantitative estimate of drug-likeness (QED) is 0.934. The Bertz CT molecular complexity index is 719. The minimum atomic E-state index is -0.0343. The molecule has 0 unspecified atom stereocenters. The van der Waals surface area contributed by atoms with Gasteiger partial charge in [0.05, 0.1) is 0 Å². The van der Waals surface area contributed by atoms with Crippen molar-refractivity contribution in [1.29, 1.82) is 0 Å². The molecule has 1 aromatic carbocycles. The van der Waals surface area contributed by atoms with E-state index in [1.54, 1.807) is 24.0 Å². The van der Waals surface area contributed by atoms with Gasteiger partial charge in [0.25, 0.3) is 5.91 Å². The van der Waals surface area contributed by atoms with E-state index in [2.05, 4.69) is 60.4 Å². The maximum atomic E-state index is 12.3. The molecular formula is C20H28N4O. The molecule has 5 heteroatoms. The van der Waals surface area contributed by atoms with Crippen molar-refractivity contribution in [3.8, 4) is 0 Å². The number of carbonyl (C=O) groups excluding carboxylic acids is 1. The van der Waals surface area contributed by atoms with Gasteiger partial charge in [0.1, 0.15) is 5.69 Å². The molecule has 134 valence electrons. The zero-order chi connectivity index (χ0) is 18.0. The van der Waals surface area contributed by atoms with Crippen molar-refractivity contribution in [3.63, 3.8) is 0 Å². The minimum absolute atomic E-state index is 0.0343. The molecule has 1 aliphatic rings. The number of anilines is 1. The first kappa shape index (κ1) is 17.5. The van der Waals surface area contributed by atoms with Crippen molar-refractivity contribution in [1.82, 2.24) is 15.1 Å². The Morgan fingerprint density at radius 2 is 1.76 bits per heavy atom. The van der Waals surface area contributed by atoms with Crippen LogP contribution in [0.4, 0.5) is 5.69 Å². The molecule has 0 bridgehead atoms. The fourth-order valence-electron chi connectivity index (χ4n) is 3.31. The number of aryl methyl sites for hydroxylation is 1. The molecule has 0 spiro atoms. The molecule has 25 heavy (non-hydrogen) atoms. The number of amides is 1. The number of hydrogen-bond donors (Lipinski definition) is 1. The molecule has 3 rings (SSSR count). The lowest BCUT2D eigenvalue weighted by atomic mass is 9.87. The minimum Gasteiger partial charge on any atom is -0.371 e. The summed E-state index contributed by atoms with van der Waals surface area (Å²) in [5.74, 6) is -0.0343. The molecule has 1 fully saturated rings. The van der Waals surface area contributed by atoms with E-state index >= 15 is 0 Å². The maximum Gasteiger partial charge on any atom is 0.269 e. The number of carbonyl (C=O) groups is 1. The molecule has 0 aliphatic carbocycles. The average molecular weight is 340 g/mol. The van der Waals surface area contributed by atoms with Crippen LogP contribution >= 0.6 is 0 Å². The second-order valence-electron chi connectivity index (χ2n) is 7.87. The van der Waals surface area contributed by atoms with E-state index in [1.807, 2.05) is 0 Å². The van der Waals surface area contributed by atoms with Crippen LogP contribution in [0.1, 0.15) is 49.7 Å². The Morgan fingerprint density at radius 1 is 1.12 bits per heavy atom. The number of nitrogens with zero attached hydrogens (tertiary/aromatic N) is 3. The highest BCUT2D eigenvalue weighted by molar-refractivity contribution is 5.92. The number of benzene rings is 1. The molecule has 2 aromatic rings. The standard InChI is InChI=1S/C20H28N4O/c1-20(2,3)15-5-7-17(8-6-15)24-13-10-16(11-14-24)22-19(25)18-9-12-21-23(18)4/h5-9,12,16H,10-11,13-14H2,1-4H3,(H,22,25). The van der Waals surface area contributed by atoms with Crippen LogP contribution in [0.2, 0.25) is 0 Å². The van der Waals surface area contributed by atoms with Gasteiger partial charge in [-0.25, -0.2) is 0 Å². The van der Waals surface area contributed by atoms with Gasteiger partial charge in [0, 0.05) is 38.1 Å². The van der Waals surface area contributed by atoms with Crippen LogP contribution in [0, 0.1) is 0 Å². The summed E-state index contributed by atoms with van der Waals surface area (Å²) in [4.78, 5) is 14.7. The first-order valence-electron chi connectivity index (χ1n) is 8.99. The third kappa shape index (κ3) is 4.03. The monoisotopic (exact) mass is 340 g/mol. The third-order valence-corrected chi connectivity index (χ3v) is 4.98. The molecule has 1 aliphatic heterocycles. The van der Waals surface area contributed by atoms with Crippen molar-refractivity contribution in [3.05, 3.63) is 47.8 Å². The van der Waals surface area contributed by atoms with Crippen molar-refractivity contribution in [2.45, 2.75) is 45.1 Å². The normalized spacial score (nSPS) is 16.1. The molecule has 0 saturated carbocycles. The van der Waals surface area contributed by atoms with E-state index in [0.717, 1.165) is 25.9 Å². The summed E-state index contributed by atoms with van der Waals surface area (Å²) in [6.45, 7) is 8.63. The molecular weight excluding hydrogens is 312 g/mol. The van der Waals surface area contributed by atoms with Crippen LogP contribution in [-0.4, -0.2) is 34.8 Å². The Balaban J connectivity index is 1.55. The lowest BCUT2D eigenvalue weighted by molar-refractivity contribution is 0.0921. The van der Waals surface area contributed by atoms with Gasteiger partial charge in [0.15, 0.2) is 0 Å².